The Morgan fingerprint density at radius 2 is 2.14 bits per heavy atom. The van der Waals surface area contributed by atoms with Gasteiger partial charge in [0.1, 0.15) is 0 Å². The Hall–Kier alpha value is -0.530. The van der Waals surface area contributed by atoms with Gasteiger partial charge in [0, 0.05) is 10.6 Å². The highest BCUT2D eigenvalue weighted by molar-refractivity contribution is 6.31. The number of hydrogen-bond donors (Lipinski definition) is 1. The highest BCUT2D eigenvalue weighted by Crippen LogP contribution is 2.48. The molecule has 75 valence electrons. The number of halogens is 1. The van der Waals surface area contributed by atoms with Crippen molar-refractivity contribution in [1.29, 1.82) is 0 Å². The van der Waals surface area contributed by atoms with Crippen molar-refractivity contribution in [2.45, 2.75) is 25.4 Å². The van der Waals surface area contributed by atoms with Gasteiger partial charge in [-0.3, -0.25) is 0 Å². The van der Waals surface area contributed by atoms with Crippen molar-refractivity contribution in [3.8, 4) is 0 Å². The number of rotatable bonds is 3. The first-order valence-electron chi connectivity index (χ1n) is 4.99. The van der Waals surface area contributed by atoms with E-state index in [0.717, 1.165) is 12.0 Å². The zero-order valence-corrected chi connectivity index (χ0v) is 8.96. The molecular weight excluding hydrogens is 196 g/mol. The van der Waals surface area contributed by atoms with Crippen LogP contribution in [0.25, 0.3) is 0 Å². The maximum absolute atomic E-state index is 10.5. The molecule has 1 aliphatic rings. The Morgan fingerprint density at radius 1 is 1.50 bits per heavy atom. The predicted octanol–water partition coefficient (Wildman–Crippen LogP) is 3.16. The molecule has 2 heteroatoms. The molecule has 14 heavy (non-hydrogen) atoms. The summed E-state index contributed by atoms with van der Waals surface area (Å²) in [7, 11) is 0. The van der Waals surface area contributed by atoms with E-state index in [4.69, 9.17) is 11.6 Å². The monoisotopic (exact) mass is 209 g/mol. The summed E-state index contributed by atoms with van der Waals surface area (Å²) in [6, 6.07) is 7.56. The largest absolute Gasteiger partial charge is 0.385 e. The lowest BCUT2D eigenvalue weighted by atomic mass is 9.86. The average molecular weight is 210 g/mol. The summed E-state index contributed by atoms with van der Waals surface area (Å²) in [6.07, 6.45) is 3.83. The summed E-state index contributed by atoms with van der Waals surface area (Å²) in [5, 5.41) is 11.2. The molecule has 0 bridgehead atoms. The fraction of sp³-hybridized carbons (Fsp3) is 0.417. The van der Waals surface area contributed by atoms with Crippen LogP contribution >= 0.6 is 11.6 Å². The molecule has 1 N–H and O–H groups in total. The summed E-state index contributed by atoms with van der Waals surface area (Å²) in [5.74, 6) is 0.285. The molecule has 2 rings (SSSR count). The second-order valence-electron chi connectivity index (χ2n) is 3.84. The van der Waals surface area contributed by atoms with Gasteiger partial charge in [0.2, 0.25) is 0 Å². The van der Waals surface area contributed by atoms with E-state index < -0.39 is 5.60 Å². The minimum absolute atomic E-state index is 0.285. The van der Waals surface area contributed by atoms with E-state index in [1.54, 1.807) is 0 Å². The lowest BCUT2D eigenvalue weighted by Gasteiger charge is -2.28. The van der Waals surface area contributed by atoms with Crippen molar-refractivity contribution in [2.24, 2.45) is 5.92 Å². The van der Waals surface area contributed by atoms with Crippen molar-refractivity contribution in [3.05, 3.63) is 41.3 Å². The van der Waals surface area contributed by atoms with E-state index in [2.05, 4.69) is 6.42 Å². The fourth-order valence-electron chi connectivity index (χ4n) is 1.92. The van der Waals surface area contributed by atoms with Crippen molar-refractivity contribution >= 4 is 11.6 Å². The van der Waals surface area contributed by atoms with Crippen LogP contribution in [-0.4, -0.2) is 5.11 Å². The van der Waals surface area contributed by atoms with E-state index in [-0.39, 0.29) is 5.92 Å². The lowest BCUT2D eigenvalue weighted by Crippen LogP contribution is -2.27. The third-order valence-corrected chi connectivity index (χ3v) is 3.29. The molecule has 0 spiro atoms. The molecule has 1 saturated carbocycles. The highest BCUT2D eigenvalue weighted by Gasteiger charge is 2.44. The first-order valence-corrected chi connectivity index (χ1v) is 5.37. The van der Waals surface area contributed by atoms with Gasteiger partial charge in [-0.15, -0.1) is 0 Å². The SMILES string of the molecule is CC[C@@](O)(c1ccccc1Cl)[C@H]1[CH]C1. The van der Waals surface area contributed by atoms with Crippen molar-refractivity contribution in [1.82, 2.24) is 0 Å². The first kappa shape index (κ1) is 10.0. The molecule has 1 aromatic rings. The van der Waals surface area contributed by atoms with Gasteiger partial charge in [0.15, 0.2) is 0 Å². The molecule has 0 amide bonds. The van der Waals surface area contributed by atoms with E-state index >= 15 is 0 Å². The number of hydrogen-bond acceptors (Lipinski definition) is 1. The molecule has 1 aliphatic carbocycles. The smallest absolute Gasteiger partial charge is 0.0939 e. The van der Waals surface area contributed by atoms with Crippen LogP contribution in [0.4, 0.5) is 0 Å². The van der Waals surface area contributed by atoms with Crippen molar-refractivity contribution < 1.29 is 5.11 Å². The number of benzene rings is 1. The zero-order chi connectivity index (χ0) is 10.2. The number of aliphatic hydroxyl groups is 1. The molecule has 2 atom stereocenters. The third-order valence-electron chi connectivity index (χ3n) is 2.96. The molecule has 1 aromatic carbocycles. The maximum atomic E-state index is 10.5. The van der Waals surface area contributed by atoms with E-state index in [1.165, 1.54) is 0 Å². The molecule has 0 saturated heterocycles. The second kappa shape index (κ2) is 3.56. The molecule has 0 unspecified atom stereocenters. The molecule has 0 heterocycles. The fourth-order valence-corrected chi connectivity index (χ4v) is 2.22. The minimum Gasteiger partial charge on any atom is -0.385 e. The Kier molecular flexibility index (Phi) is 2.54. The Labute approximate surface area is 89.7 Å². The summed E-state index contributed by atoms with van der Waals surface area (Å²) < 4.78 is 0. The third kappa shape index (κ3) is 1.55. The van der Waals surface area contributed by atoms with Gasteiger partial charge in [-0.1, -0.05) is 36.7 Å². The van der Waals surface area contributed by atoms with Crippen molar-refractivity contribution in [3.63, 3.8) is 0 Å². The van der Waals surface area contributed by atoms with Crippen LogP contribution in [-0.2, 0) is 5.60 Å². The van der Waals surface area contributed by atoms with Gasteiger partial charge in [-0.2, -0.15) is 0 Å². The van der Waals surface area contributed by atoms with E-state index in [0.29, 0.717) is 11.4 Å². The van der Waals surface area contributed by atoms with Gasteiger partial charge < -0.3 is 5.11 Å². The zero-order valence-electron chi connectivity index (χ0n) is 8.20. The van der Waals surface area contributed by atoms with Crippen LogP contribution in [0.3, 0.4) is 0 Å². The first-order chi connectivity index (χ1) is 6.68. The molecular formula is C12H14ClO. The van der Waals surface area contributed by atoms with Crippen LogP contribution in [0.5, 0.6) is 0 Å². The van der Waals surface area contributed by atoms with Gasteiger partial charge >= 0.3 is 0 Å². The molecule has 1 radical (unpaired) electrons. The van der Waals surface area contributed by atoms with E-state index in [1.807, 2.05) is 31.2 Å². The quantitative estimate of drug-likeness (QED) is 0.811. The van der Waals surface area contributed by atoms with Crippen LogP contribution < -0.4 is 0 Å². The van der Waals surface area contributed by atoms with Gasteiger partial charge in [-0.05, 0) is 31.2 Å². The van der Waals surface area contributed by atoms with Crippen LogP contribution in [0.2, 0.25) is 5.02 Å². The Bertz CT molecular complexity index is 333. The summed E-state index contributed by atoms with van der Waals surface area (Å²) in [6.45, 7) is 2.00. The molecule has 1 fully saturated rings. The minimum atomic E-state index is -0.752. The standard InChI is InChI=1S/C12H14ClO/c1-2-12(14,9-7-8-9)10-5-3-4-6-11(10)13/h3-7,9,14H,2,8H2,1H3/t9-,12-/m0/s1. The Balaban J connectivity index is 2.40. The van der Waals surface area contributed by atoms with Crippen LogP contribution in [0.15, 0.2) is 24.3 Å². The Morgan fingerprint density at radius 3 is 2.64 bits per heavy atom. The predicted molar refractivity (Wildman–Crippen MR) is 58.0 cm³/mol. The molecule has 1 nitrogen and oxygen atoms in total. The van der Waals surface area contributed by atoms with Gasteiger partial charge in [0.25, 0.3) is 0 Å². The van der Waals surface area contributed by atoms with Crippen LogP contribution in [0, 0.1) is 12.3 Å². The van der Waals surface area contributed by atoms with Gasteiger partial charge in [-0.25, -0.2) is 0 Å². The summed E-state index contributed by atoms with van der Waals surface area (Å²) >= 11 is 6.09. The second-order valence-corrected chi connectivity index (χ2v) is 4.24. The van der Waals surface area contributed by atoms with Gasteiger partial charge in [0.05, 0.1) is 5.60 Å². The highest BCUT2D eigenvalue weighted by atomic mass is 35.5. The summed E-state index contributed by atoms with van der Waals surface area (Å²) in [4.78, 5) is 0. The maximum Gasteiger partial charge on any atom is 0.0939 e. The summed E-state index contributed by atoms with van der Waals surface area (Å²) in [5.41, 5.74) is 0.112. The van der Waals surface area contributed by atoms with Crippen LogP contribution in [0.1, 0.15) is 25.3 Å². The van der Waals surface area contributed by atoms with E-state index in [9.17, 15) is 5.11 Å². The topological polar surface area (TPSA) is 20.2 Å². The molecule has 0 aromatic heterocycles. The lowest BCUT2D eigenvalue weighted by molar-refractivity contribution is 0.0130. The average Bonchev–Trinajstić information content (AvgIpc) is 3.01. The molecule has 0 aliphatic heterocycles. The van der Waals surface area contributed by atoms with Crippen molar-refractivity contribution in [2.75, 3.05) is 0 Å². The normalized spacial score (nSPS) is 20.5.